The van der Waals surface area contributed by atoms with E-state index >= 15 is 0 Å². The average Bonchev–Trinajstić information content (AvgIpc) is 2.97. The van der Waals surface area contributed by atoms with E-state index in [4.69, 9.17) is 5.11 Å². The van der Waals surface area contributed by atoms with Gasteiger partial charge in [0.1, 0.15) is 0 Å². The lowest BCUT2D eigenvalue weighted by molar-refractivity contribution is -0.131. The molecule has 150 valence electrons. The van der Waals surface area contributed by atoms with E-state index in [1.807, 2.05) is 32.1 Å². The molecule has 0 saturated heterocycles. The van der Waals surface area contributed by atoms with Crippen LogP contribution >= 0.6 is 11.3 Å². The van der Waals surface area contributed by atoms with Gasteiger partial charge >= 0.3 is 5.97 Å². The van der Waals surface area contributed by atoms with E-state index in [9.17, 15) is 9.59 Å². The molecule has 0 spiro atoms. The lowest BCUT2D eigenvalue weighted by Gasteiger charge is -2.09. The van der Waals surface area contributed by atoms with E-state index in [0.29, 0.717) is 17.3 Å². The minimum atomic E-state index is -0.960. The Morgan fingerprint density at radius 1 is 1.10 bits per heavy atom. The lowest BCUT2D eigenvalue weighted by Crippen LogP contribution is -2.03. The van der Waals surface area contributed by atoms with E-state index in [-0.39, 0.29) is 5.78 Å². The summed E-state index contributed by atoms with van der Waals surface area (Å²) in [4.78, 5) is 25.9. The highest BCUT2D eigenvalue weighted by Gasteiger charge is 2.63. The van der Waals surface area contributed by atoms with Crippen LogP contribution < -0.4 is 0 Å². The molecule has 2 aliphatic rings. The molecule has 2 atom stereocenters. The minimum Gasteiger partial charge on any atom is -0.478 e. The maximum absolute atomic E-state index is 12.9. The smallest absolute Gasteiger partial charge is 0.328 e. The number of aryl methyl sites for hydroxylation is 3. The monoisotopic (exact) mass is 406 g/mol. The van der Waals surface area contributed by atoms with E-state index < -0.39 is 5.97 Å². The van der Waals surface area contributed by atoms with E-state index in [1.165, 1.54) is 16.0 Å². The Labute approximate surface area is 175 Å². The van der Waals surface area contributed by atoms with Gasteiger partial charge in [0.2, 0.25) is 0 Å². The maximum atomic E-state index is 12.9. The second kappa shape index (κ2) is 6.81. The number of ketones is 1. The Bertz CT molecular complexity index is 1070. The van der Waals surface area contributed by atoms with Crippen molar-refractivity contribution < 1.29 is 14.7 Å². The van der Waals surface area contributed by atoms with E-state index in [1.54, 1.807) is 23.5 Å². The third-order valence-electron chi connectivity index (χ3n) is 6.68. The third-order valence-corrected chi connectivity index (χ3v) is 7.86. The van der Waals surface area contributed by atoms with Gasteiger partial charge in [-0.25, -0.2) is 4.79 Å². The molecule has 0 bridgehead atoms. The molecule has 4 rings (SSSR count). The predicted molar refractivity (Wildman–Crippen MR) is 119 cm³/mol. The summed E-state index contributed by atoms with van der Waals surface area (Å²) in [5.74, 6) is 0.463. The van der Waals surface area contributed by atoms with Gasteiger partial charge in [-0.05, 0) is 90.0 Å². The van der Waals surface area contributed by atoms with Crippen LogP contribution in [-0.2, 0) is 11.2 Å². The molecule has 1 aromatic carbocycles. The SMILES string of the molecule is Cc1cc(/C=C/C(=O)c2sc(C)c3c2C[C@@H]2[C@H]3C2(C)C)cc(C)c1/C=C/C(=O)O. The van der Waals surface area contributed by atoms with Crippen molar-refractivity contribution in [2.24, 2.45) is 11.3 Å². The Kier molecular flexibility index (Phi) is 4.66. The highest BCUT2D eigenvalue weighted by molar-refractivity contribution is 7.14. The zero-order chi connectivity index (χ0) is 21.1. The first-order chi connectivity index (χ1) is 13.6. The van der Waals surface area contributed by atoms with Crippen LogP contribution in [-0.4, -0.2) is 16.9 Å². The molecule has 29 heavy (non-hydrogen) atoms. The zero-order valence-corrected chi connectivity index (χ0v) is 18.3. The van der Waals surface area contributed by atoms with Gasteiger partial charge in [-0.1, -0.05) is 32.1 Å². The van der Waals surface area contributed by atoms with Crippen LogP contribution in [0.25, 0.3) is 12.2 Å². The van der Waals surface area contributed by atoms with Crippen molar-refractivity contribution in [1.29, 1.82) is 0 Å². The predicted octanol–water partition coefficient (Wildman–Crippen LogP) is 5.96. The Hall–Kier alpha value is -2.46. The molecule has 3 nitrogen and oxygen atoms in total. The molecule has 1 heterocycles. The number of fused-ring (bicyclic) bond motifs is 3. The van der Waals surface area contributed by atoms with Gasteiger partial charge in [0.25, 0.3) is 0 Å². The van der Waals surface area contributed by atoms with Gasteiger partial charge in [-0.2, -0.15) is 0 Å². The largest absolute Gasteiger partial charge is 0.478 e. The Morgan fingerprint density at radius 2 is 1.76 bits per heavy atom. The number of carbonyl (C=O) groups is 2. The quantitative estimate of drug-likeness (QED) is 0.492. The van der Waals surface area contributed by atoms with Gasteiger partial charge in [0.15, 0.2) is 5.78 Å². The van der Waals surface area contributed by atoms with E-state index in [2.05, 4.69) is 20.8 Å². The number of rotatable bonds is 5. The summed E-state index contributed by atoms with van der Waals surface area (Å²) in [5, 5.41) is 8.85. The Balaban J connectivity index is 1.57. The van der Waals surface area contributed by atoms with Crippen molar-refractivity contribution in [1.82, 2.24) is 0 Å². The molecule has 0 amide bonds. The molecule has 2 aromatic rings. The van der Waals surface area contributed by atoms with Crippen LogP contribution in [0.5, 0.6) is 0 Å². The number of allylic oxidation sites excluding steroid dienone is 1. The molecule has 0 unspecified atom stereocenters. The first-order valence-corrected chi connectivity index (χ1v) is 10.8. The number of hydrogen-bond donors (Lipinski definition) is 1. The molecule has 1 saturated carbocycles. The summed E-state index contributed by atoms with van der Waals surface area (Å²) < 4.78 is 0. The zero-order valence-electron chi connectivity index (χ0n) is 17.5. The summed E-state index contributed by atoms with van der Waals surface area (Å²) in [5.41, 5.74) is 6.97. The first-order valence-electron chi connectivity index (χ1n) is 9.98. The molecule has 1 fully saturated rings. The third kappa shape index (κ3) is 3.29. The maximum Gasteiger partial charge on any atom is 0.328 e. The standard InChI is InChI=1S/C25H26O3S/c1-13-10-16(11-14(2)17(13)7-9-21(27)28)6-8-20(26)24-18-12-19-23(25(19,4)5)22(18)15(3)29-24/h6-11,19,23H,12H2,1-5H3,(H,27,28)/b8-6+,9-7+/t19-,23-/m1/s1. The van der Waals surface area contributed by atoms with Crippen molar-refractivity contribution in [3.05, 3.63) is 67.4 Å². The van der Waals surface area contributed by atoms with Crippen molar-refractivity contribution in [2.45, 2.75) is 47.0 Å². The highest BCUT2D eigenvalue weighted by Crippen LogP contribution is 2.71. The van der Waals surface area contributed by atoms with Crippen LogP contribution in [0.15, 0.2) is 24.3 Å². The summed E-state index contributed by atoms with van der Waals surface area (Å²) in [7, 11) is 0. The Morgan fingerprint density at radius 3 is 2.38 bits per heavy atom. The second-order valence-corrected chi connectivity index (χ2v) is 10.2. The normalized spacial score (nSPS) is 21.6. The minimum absolute atomic E-state index is 0.0867. The van der Waals surface area contributed by atoms with Gasteiger partial charge in [0.05, 0.1) is 4.88 Å². The summed E-state index contributed by atoms with van der Waals surface area (Å²) in [6, 6.07) is 3.97. The van der Waals surface area contributed by atoms with Crippen molar-refractivity contribution in [3.8, 4) is 0 Å². The van der Waals surface area contributed by atoms with Gasteiger partial charge in [-0.15, -0.1) is 11.3 Å². The number of carbonyl (C=O) groups excluding carboxylic acids is 1. The molecule has 1 N–H and O–H groups in total. The summed E-state index contributed by atoms with van der Waals surface area (Å²) in [6.45, 7) is 10.7. The summed E-state index contributed by atoms with van der Waals surface area (Å²) >= 11 is 1.64. The van der Waals surface area contributed by atoms with Crippen LogP contribution in [0.2, 0.25) is 0 Å². The fraction of sp³-hybridized carbons (Fsp3) is 0.360. The summed E-state index contributed by atoms with van der Waals surface area (Å²) in [6.07, 6.45) is 7.36. The molecular formula is C25H26O3S. The number of hydrogen-bond acceptors (Lipinski definition) is 3. The number of carboxylic acids is 1. The van der Waals surface area contributed by atoms with Crippen molar-refractivity contribution in [2.75, 3.05) is 0 Å². The molecular weight excluding hydrogens is 380 g/mol. The number of benzene rings is 1. The van der Waals surface area contributed by atoms with Crippen molar-refractivity contribution >= 4 is 35.2 Å². The fourth-order valence-electron chi connectivity index (χ4n) is 5.10. The number of thiophene rings is 1. The number of carboxylic acid groups (broad SMARTS) is 1. The second-order valence-electron chi connectivity index (χ2n) is 8.93. The van der Waals surface area contributed by atoms with Gasteiger partial charge < -0.3 is 5.11 Å². The molecule has 0 radical (unpaired) electrons. The fourth-order valence-corrected chi connectivity index (χ4v) is 6.25. The van der Waals surface area contributed by atoms with Crippen LogP contribution in [0.1, 0.15) is 67.7 Å². The molecule has 2 aliphatic carbocycles. The van der Waals surface area contributed by atoms with Crippen molar-refractivity contribution in [3.63, 3.8) is 0 Å². The first kappa shape index (κ1) is 19.8. The van der Waals surface area contributed by atoms with Gasteiger partial charge in [0, 0.05) is 11.0 Å². The topological polar surface area (TPSA) is 54.4 Å². The van der Waals surface area contributed by atoms with E-state index in [0.717, 1.165) is 39.6 Å². The van der Waals surface area contributed by atoms with Gasteiger partial charge in [-0.3, -0.25) is 4.79 Å². The van der Waals surface area contributed by atoms with Crippen LogP contribution in [0.3, 0.4) is 0 Å². The lowest BCUT2D eigenvalue weighted by atomic mass is 9.94. The van der Waals surface area contributed by atoms with Crippen LogP contribution in [0.4, 0.5) is 0 Å². The molecule has 1 aromatic heterocycles. The molecule has 4 heteroatoms. The number of aliphatic carboxylic acids is 1. The highest BCUT2D eigenvalue weighted by atomic mass is 32.1. The average molecular weight is 407 g/mol. The molecule has 0 aliphatic heterocycles. The van der Waals surface area contributed by atoms with Crippen LogP contribution in [0, 0.1) is 32.1 Å².